The number of primary amides is 1. The molecular formula is C18H29BN2O4. The molecule has 7 heteroatoms. The van der Waals surface area contributed by atoms with Crippen LogP contribution < -0.4 is 16.5 Å². The van der Waals surface area contributed by atoms with E-state index >= 15 is 0 Å². The molecular weight excluding hydrogens is 319 g/mol. The molecule has 0 unspecified atom stereocenters. The van der Waals surface area contributed by atoms with Gasteiger partial charge in [0, 0.05) is 6.42 Å². The molecule has 1 aromatic carbocycles. The van der Waals surface area contributed by atoms with Gasteiger partial charge in [0.25, 0.3) is 0 Å². The number of carbonyl (C=O) groups is 2. The monoisotopic (exact) mass is 348 g/mol. The molecule has 0 heterocycles. The van der Waals surface area contributed by atoms with Gasteiger partial charge in [-0.15, -0.1) is 0 Å². The molecule has 0 saturated heterocycles. The van der Waals surface area contributed by atoms with Gasteiger partial charge in [-0.1, -0.05) is 29.7 Å². The number of rotatable bonds is 8. The number of hydrogen-bond acceptors (Lipinski definition) is 4. The summed E-state index contributed by atoms with van der Waals surface area (Å²) in [7, 11) is 2.03. The zero-order valence-electron chi connectivity index (χ0n) is 15.8. The van der Waals surface area contributed by atoms with E-state index in [1.54, 1.807) is 20.8 Å². The quantitative estimate of drug-likeness (QED) is 0.686. The zero-order chi connectivity index (χ0) is 19.0. The molecule has 0 radical (unpaired) electrons. The van der Waals surface area contributed by atoms with E-state index in [9.17, 15) is 9.59 Å². The summed E-state index contributed by atoms with van der Waals surface area (Å²) in [4.78, 5) is 23.1. The molecule has 2 atom stereocenters. The van der Waals surface area contributed by atoms with Crippen molar-refractivity contribution in [1.29, 1.82) is 0 Å². The molecule has 0 aromatic heterocycles. The van der Waals surface area contributed by atoms with Crippen LogP contribution in [0.1, 0.15) is 46.1 Å². The van der Waals surface area contributed by atoms with E-state index in [0.717, 1.165) is 5.56 Å². The van der Waals surface area contributed by atoms with E-state index in [2.05, 4.69) is 5.32 Å². The van der Waals surface area contributed by atoms with Crippen LogP contribution in [-0.2, 0) is 20.9 Å². The lowest BCUT2D eigenvalue weighted by molar-refractivity contribution is -0.118. The predicted molar refractivity (Wildman–Crippen MR) is 100 cm³/mol. The number of alkyl carbamates (subject to hydrolysis) is 1. The first kappa shape index (κ1) is 21.0. The highest BCUT2D eigenvalue weighted by Gasteiger charge is 2.24. The Morgan fingerprint density at radius 1 is 1.24 bits per heavy atom. The van der Waals surface area contributed by atoms with Gasteiger partial charge in [0.15, 0.2) is 0 Å². The van der Waals surface area contributed by atoms with Crippen molar-refractivity contribution in [3.05, 3.63) is 29.8 Å². The van der Waals surface area contributed by atoms with Crippen LogP contribution in [0.15, 0.2) is 24.3 Å². The number of ether oxygens (including phenoxy) is 2. The van der Waals surface area contributed by atoms with Crippen molar-refractivity contribution in [2.45, 2.75) is 64.9 Å². The fourth-order valence-corrected chi connectivity index (χ4v) is 2.21. The summed E-state index contributed by atoms with van der Waals surface area (Å²) in [6.45, 7) is 7.66. The fraction of sp³-hybridized carbons (Fsp3) is 0.556. The minimum Gasteiger partial charge on any atom is -0.444 e. The van der Waals surface area contributed by atoms with E-state index < -0.39 is 17.6 Å². The summed E-state index contributed by atoms with van der Waals surface area (Å²) in [5.74, 6) is -0.415. The Labute approximate surface area is 150 Å². The summed E-state index contributed by atoms with van der Waals surface area (Å²) >= 11 is 0. The van der Waals surface area contributed by atoms with Crippen LogP contribution in [0, 0.1) is 0 Å². The predicted octanol–water partition coefficient (Wildman–Crippen LogP) is 1.01. The minimum atomic E-state index is -0.593. The minimum absolute atomic E-state index is 0.165. The number of carbonyl (C=O) groups excluding carboxylic acids is 2. The van der Waals surface area contributed by atoms with Crippen LogP contribution in [0.25, 0.3) is 0 Å². The number of amides is 2. The Kier molecular flexibility index (Phi) is 7.96. The smallest absolute Gasteiger partial charge is 0.407 e. The van der Waals surface area contributed by atoms with Crippen molar-refractivity contribution in [1.82, 2.24) is 5.32 Å². The Hall–Kier alpha value is -2.02. The zero-order valence-corrected chi connectivity index (χ0v) is 15.8. The third kappa shape index (κ3) is 9.15. The molecule has 3 N–H and O–H groups in total. The van der Waals surface area contributed by atoms with E-state index in [1.807, 2.05) is 39.0 Å². The average Bonchev–Trinajstić information content (AvgIpc) is 2.48. The van der Waals surface area contributed by atoms with Crippen molar-refractivity contribution in [2.24, 2.45) is 5.73 Å². The van der Waals surface area contributed by atoms with Crippen LogP contribution in [0.2, 0.25) is 0 Å². The molecule has 0 aliphatic heterocycles. The fourth-order valence-electron chi connectivity index (χ4n) is 2.21. The van der Waals surface area contributed by atoms with Crippen molar-refractivity contribution >= 4 is 25.3 Å². The molecule has 0 saturated carbocycles. The highest BCUT2D eigenvalue weighted by Crippen LogP contribution is 2.12. The molecule has 2 amide bonds. The van der Waals surface area contributed by atoms with Gasteiger partial charge in [0.05, 0.1) is 18.8 Å². The Morgan fingerprint density at radius 2 is 1.84 bits per heavy atom. The third-order valence-electron chi connectivity index (χ3n) is 3.60. The van der Waals surface area contributed by atoms with Gasteiger partial charge in [-0.3, -0.25) is 4.79 Å². The molecule has 0 fully saturated rings. The molecule has 0 aliphatic carbocycles. The summed E-state index contributed by atoms with van der Waals surface area (Å²) in [6.07, 6.45) is -0.275. The summed E-state index contributed by atoms with van der Waals surface area (Å²) in [5.41, 5.74) is 6.86. The maximum Gasteiger partial charge on any atom is 0.407 e. The van der Waals surface area contributed by atoms with E-state index in [1.165, 1.54) is 5.46 Å². The van der Waals surface area contributed by atoms with Crippen molar-refractivity contribution in [2.75, 3.05) is 0 Å². The first-order valence-electron chi connectivity index (χ1n) is 8.52. The molecule has 25 heavy (non-hydrogen) atoms. The number of nitrogens with two attached hydrogens (primary N) is 1. The van der Waals surface area contributed by atoms with Gasteiger partial charge in [-0.2, -0.15) is 0 Å². The second kappa shape index (κ2) is 9.46. The molecule has 0 spiro atoms. The lowest BCUT2D eigenvalue weighted by atomic mass is 9.95. The lowest BCUT2D eigenvalue weighted by Gasteiger charge is -2.27. The van der Waals surface area contributed by atoms with Crippen LogP contribution in [0.4, 0.5) is 4.79 Å². The van der Waals surface area contributed by atoms with E-state index in [0.29, 0.717) is 13.0 Å². The van der Waals surface area contributed by atoms with Crippen LogP contribution in [-0.4, -0.2) is 37.6 Å². The lowest BCUT2D eigenvalue weighted by Crippen LogP contribution is -2.45. The summed E-state index contributed by atoms with van der Waals surface area (Å²) in [6, 6.07) is 7.68. The van der Waals surface area contributed by atoms with Gasteiger partial charge in [0.2, 0.25) is 5.91 Å². The van der Waals surface area contributed by atoms with Gasteiger partial charge in [-0.05, 0) is 39.7 Å². The van der Waals surface area contributed by atoms with Crippen LogP contribution >= 0.6 is 0 Å². The molecule has 138 valence electrons. The SMILES string of the molecule is Bc1ccc(CO[C@H](C)[C@H](CCC(N)=O)NC(=O)OC(C)(C)C)cc1. The third-order valence-corrected chi connectivity index (χ3v) is 3.60. The van der Waals surface area contributed by atoms with Crippen LogP contribution in [0.5, 0.6) is 0 Å². The molecule has 0 bridgehead atoms. The van der Waals surface area contributed by atoms with Crippen molar-refractivity contribution in [3.8, 4) is 0 Å². The Bertz CT molecular complexity index is 569. The summed E-state index contributed by atoms with van der Waals surface area (Å²) in [5, 5.41) is 2.78. The van der Waals surface area contributed by atoms with Gasteiger partial charge in [-0.25, -0.2) is 4.79 Å². The maximum atomic E-state index is 12.0. The first-order chi connectivity index (χ1) is 11.6. The van der Waals surface area contributed by atoms with Gasteiger partial charge >= 0.3 is 6.09 Å². The second-order valence-electron chi connectivity index (χ2n) is 7.26. The van der Waals surface area contributed by atoms with E-state index in [-0.39, 0.29) is 18.6 Å². The standard InChI is InChI=1S/C18H29BN2O4/c1-12(24-11-13-5-7-14(19)8-6-13)15(9-10-16(20)22)21-17(23)25-18(2,3)4/h5-8,12,15H,9-11,19H2,1-4H3,(H2,20,22)(H,21,23)/t12-,15+/m1/s1. The number of hydrogen-bond donors (Lipinski definition) is 2. The Morgan fingerprint density at radius 3 is 2.36 bits per heavy atom. The average molecular weight is 348 g/mol. The normalized spacial score (nSPS) is 13.8. The first-order valence-corrected chi connectivity index (χ1v) is 8.52. The van der Waals surface area contributed by atoms with Crippen molar-refractivity contribution < 1.29 is 19.1 Å². The highest BCUT2D eigenvalue weighted by atomic mass is 16.6. The molecule has 1 aromatic rings. The number of nitrogens with one attached hydrogen (secondary N) is 1. The molecule has 0 aliphatic rings. The highest BCUT2D eigenvalue weighted by molar-refractivity contribution is 6.32. The molecule has 6 nitrogen and oxygen atoms in total. The number of benzene rings is 1. The van der Waals surface area contributed by atoms with Gasteiger partial charge in [0.1, 0.15) is 13.4 Å². The maximum absolute atomic E-state index is 12.0. The van der Waals surface area contributed by atoms with E-state index in [4.69, 9.17) is 15.2 Å². The van der Waals surface area contributed by atoms with Crippen molar-refractivity contribution in [3.63, 3.8) is 0 Å². The topological polar surface area (TPSA) is 90.6 Å². The van der Waals surface area contributed by atoms with Gasteiger partial charge < -0.3 is 20.5 Å². The summed E-state index contributed by atoms with van der Waals surface area (Å²) < 4.78 is 11.2. The largest absolute Gasteiger partial charge is 0.444 e. The Balaban J connectivity index is 2.64. The second-order valence-corrected chi connectivity index (χ2v) is 7.26. The molecule has 1 rings (SSSR count). The van der Waals surface area contributed by atoms with Crippen LogP contribution in [0.3, 0.4) is 0 Å².